The molecular formula is C26H31F3O3. The Kier molecular flexibility index (Phi) is 8.41. The van der Waals surface area contributed by atoms with E-state index in [1.807, 2.05) is 13.0 Å². The van der Waals surface area contributed by atoms with Crippen molar-refractivity contribution in [1.82, 2.24) is 0 Å². The van der Waals surface area contributed by atoms with Crippen molar-refractivity contribution >= 4 is 11.6 Å². The van der Waals surface area contributed by atoms with Crippen molar-refractivity contribution in [2.45, 2.75) is 78.0 Å². The molecule has 0 amide bonds. The maximum Gasteiger partial charge on any atom is 0.416 e. The SMILES string of the molecule is CC(=CCCC(C)(O)CCC1=CC(=O)C(C)=C(C)C1=O)CCc1cccc(C(F)(F)F)c1. The summed E-state index contributed by atoms with van der Waals surface area (Å²) >= 11 is 0. The molecule has 2 rings (SSSR count). The minimum absolute atomic E-state index is 0.136. The first kappa shape index (κ1) is 25.8. The summed E-state index contributed by atoms with van der Waals surface area (Å²) in [5.41, 5.74) is 1.42. The highest BCUT2D eigenvalue weighted by Gasteiger charge is 2.30. The number of aryl methyl sites for hydroxylation is 1. The Morgan fingerprint density at radius 3 is 2.41 bits per heavy atom. The first-order valence-corrected chi connectivity index (χ1v) is 10.8. The van der Waals surface area contributed by atoms with Crippen LogP contribution < -0.4 is 0 Å². The second kappa shape index (κ2) is 10.4. The largest absolute Gasteiger partial charge is 0.416 e. The van der Waals surface area contributed by atoms with Crippen LogP contribution in [0.4, 0.5) is 13.2 Å². The summed E-state index contributed by atoms with van der Waals surface area (Å²) in [6.45, 7) is 6.92. The molecule has 1 aromatic rings. The highest BCUT2D eigenvalue weighted by Crippen LogP contribution is 2.30. The molecule has 0 heterocycles. The molecule has 32 heavy (non-hydrogen) atoms. The van der Waals surface area contributed by atoms with Crippen LogP contribution in [-0.4, -0.2) is 22.3 Å². The van der Waals surface area contributed by atoms with Crippen molar-refractivity contribution < 1.29 is 27.9 Å². The summed E-state index contributed by atoms with van der Waals surface area (Å²) in [5, 5.41) is 10.7. The third kappa shape index (κ3) is 7.30. The Labute approximate surface area is 187 Å². The number of allylic oxidation sites excluding steroid dienone is 6. The molecule has 0 aliphatic heterocycles. The third-order valence-electron chi connectivity index (χ3n) is 6.04. The summed E-state index contributed by atoms with van der Waals surface area (Å²) < 4.78 is 38.5. The summed E-state index contributed by atoms with van der Waals surface area (Å²) in [7, 11) is 0. The van der Waals surface area contributed by atoms with Gasteiger partial charge in [-0.25, -0.2) is 0 Å². The number of carbonyl (C=O) groups excluding carboxylic acids is 2. The zero-order valence-corrected chi connectivity index (χ0v) is 19.1. The van der Waals surface area contributed by atoms with Crippen molar-refractivity contribution in [3.8, 4) is 0 Å². The molecule has 1 N–H and O–H groups in total. The van der Waals surface area contributed by atoms with Crippen LogP contribution >= 0.6 is 0 Å². The highest BCUT2D eigenvalue weighted by atomic mass is 19.4. The molecule has 0 aromatic heterocycles. The first-order valence-electron chi connectivity index (χ1n) is 10.8. The van der Waals surface area contributed by atoms with E-state index in [4.69, 9.17) is 0 Å². The summed E-state index contributed by atoms with van der Waals surface area (Å²) in [5.74, 6) is -0.292. The van der Waals surface area contributed by atoms with Gasteiger partial charge in [0.25, 0.3) is 0 Å². The van der Waals surface area contributed by atoms with Crippen molar-refractivity contribution in [2.75, 3.05) is 0 Å². The van der Waals surface area contributed by atoms with E-state index in [1.54, 1.807) is 26.8 Å². The van der Waals surface area contributed by atoms with Gasteiger partial charge in [-0.3, -0.25) is 9.59 Å². The van der Waals surface area contributed by atoms with E-state index in [1.165, 1.54) is 18.2 Å². The lowest BCUT2D eigenvalue weighted by Crippen LogP contribution is -2.25. The van der Waals surface area contributed by atoms with Gasteiger partial charge < -0.3 is 5.11 Å². The molecule has 6 heteroatoms. The Morgan fingerprint density at radius 1 is 1.06 bits per heavy atom. The number of alkyl halides is 3. The van der Waals surface area contributed by atoms with Gasteiger partial charge in [0, 0.05) is 16.7 Å². The Morgan fingerprint density at radius 2 is 1.75 bits per heavy atom. The average molecular weight is 449 g/mol. The monoisotopic (exact) mass is 448 g/mol. The molecule has 1 aliphatic carbocycles. The van der Waals surface area contributed by atoms with E-state index < -0.39 is 17.3 Å². The first-order chi connectivity index (χ1) is 14.8. The Bertz CT molecular complexity index is 963. The molecule has 0 saturated carbocycles. The molecule has 0 radical (unpaired) electrons. The molecule has 1 aliphatic rings. The number of hydrogen-bond donors (Lipinski definition) is 1. The van der Waals surface area contributed by atoms with E-state index in [-0.39, 0.29) is 11.6 Å². The van der Waals surface area contributed by atoms with Crippen LogP contribution in [0.1, 0.15) is 70.9 Å². The van der Waals surface area contributed by atoms with Crippen LogP contribution in [0.25, 0.3) is 0 Å². The van der Waals surface area contributed by atoms with Gasteiger partial charge in [-0.15, -0.1) is 0 Å². The van der Waals surface area contributed by atoms with Gasteiger partial charge in [-0.2, -0.15) is 13.2 Å². The van der Waals surface area contributed by atoms with Gasteiger partial charge in [0.05, 0.1) is 11.2 Å². The van der Waals surface area contributed by atoms with Crippen LogP contribution in [0.5, 0.6) is 0 Å². The summed E-state index contributed by atoms with van der Waals surface area (Å²) in [6.07, 6.45) is 1.97. The Hall–Kier alpha value is -2.47. The minimum Gasteiger partial charge on any atom is -0.390 e. The summed E-state index contributed by atoms with van der Waals surface area (Å²) in [4.78, 5) is 24.3. The number of carbonyl (C=O) groups is 2. The third-order valence-corrected chi connectivity index (χ3v) is 6.04. The van der Waals surface area contributed by atoms with E-state index in [0.717, 1.165) is 11.6 Å². The van der Waals surface area contributed by atoms with Crippen LogP contribution in [0.15, 0.2) is 58.7 Å². The zero-order chi connectivity index (χ0) is 24.1. The molecular weight excluding hydrogens is 417 g/mol. The molecule has 3 nitrogen and oxygen atoms in total. The zero-order valence-electron chi connectivity index (χ0n) is 19.1. The second-order valence-corrected chi connectivity index (χ2v) is 8.90. The predicted octanol–water partition coefficient (Wildman–Crippen LogP) is 6.31. The number of aliphatic hydroxyl groups is 1. The van der Waals surface area contributed by atoms with E-state index in [9.17, 15) is 27.9 Å². The van der Waals surface area contributed by atoms with Crippen LogP contribution in [0.3, 0.4) is 0 Å². The lowest BCUT2D eigenvalue weighted by molar-refractivity contribution is -0.137. The maximum absolute atomic E-state index is 12.8. The van der Waals surface area contributed by atoms with Gasteiger partial charge in [0.1, 0.15) is 0 Å². The molecule has 1 aromatic carbocycles. The second-order valence-electron chi connectivity index (χ2n) is 8.90. The molecule has 1 unspecified atom stereocenters. The summed E-state index contributed by atoms with van der Waals surface area (Å²) in [6, 6.07) is 5.37. The number of rotatable bonds is 9. The minimum atomic E-state index is -4.34. The number of halogens is 3. The number of benzene rings is 1. The molecule has 0 bridgehead atoms. The lowest BCUT2D eigenvalue weighted by Gasteiger charge is -2.24. The van der Waals surface area contributed by atoms with Gasteiger partial charge in [0.15, 0.2) is 11.6 Å². The van der Waals surface area contributed by atoms with E-state index in [0.29, 0.717) is 60.8 Å². The number of ketones is 2. The van der Waals surface area contributed by atoms with Gasteiger partial charge in [-0.1, -0.05) is 29.8 Å². The van der Waals surface area contributed by atoms with Crippen LogP contribution in [0, 0.1) is 0 Å². The highest BCUT2D eigenvalue weighted by molar-refractivity contribution is 6.22. The van der Waals surface area contributed by atoms with Crippen molar-refractivity contribution in [3.05, 3.63) is 69.8 Å². The van der Waals surface area contributed by atoms with E-state index >= 15 is 0 Å². The van der Waals surface area contributed by atoms with Gasteiger partial charge in [0.2, 0.25) is 0 Å². The van der Waals surface area contributed by atoms with Crippen LogP contribution in [0.2, 0.25) is 0 Å². The predicted molar refractivity (Wildman–Crippen MR) is 119 cm³/mol. The van der Waals surface area contributed by atoms with Gasteiger partial charge in [-0.05, 0) is 83.9 Å². The quantitative estimate of drug-likeness (QED) is 0.356. The topological polar surface area (TPSA) is 54.4 Å². The number of hydrogen-bond acceptors (Lipinski definition) is 3. The lowest BCUT2D eigenvalue weighted by atomic mass is 9.85. The smallest absolute Gasteiger partial charge is 0.390 e. The van der Waals surface area contributed by atoms with Gasteiger partial charge >= 0.3 is 6.18 Å². The van der Waals surface area contributed by atoms with E-state index in [2.05, 4.69) is 0 Å². The standard InChI is InChI=1S/C26H31F3O3/c1-17(10-11-20-8-5-9-22(15-20)26(27,28)29)7-6-13-25(4,32)14-12-21-16-23(30)18(2)19(3)24(21)31/h5,7-9,15-16,32H,6,10-14H2,1-4H3. The molecule has 1 atom stereocenters. The Balaban J connectivity index is 1.83. The van der Waals surface area contributed by atoms with Crippen molar-refractivity contribution in [3.63, 3.8) is 0 Å². The maximum atomic E-state index is 12.8. The average Bonchev–Trinajstić information content (AvgIpc) is 2.72. The van der Waals surface area contributed by atoms with Crippen molar-refractivity contribution in [1.29, 1.82) is 0 Å². The van der Waals surface area contributed by atoms with Crippen LogP contribution in [-0.2, 0) is 22.2 Å². The molecule has 0 fully saturated rings. The molecule has 0 saturated heterocycles. The van der Waals surface area contributed by atoms with Crippen molar-refractivity contribution in [2.24, 2.45) is 0 Å². The number of Topliss-reactive ketones (excluding diaryl/α,β-unsaturated/α-hetero) is 1. The fraction of sp³-hybridized carbons (Fsp3) is 0.462. The molecule has 0 spiro atoms. The normalized spacial score (nSPS) is 17.5. The fourth-order valence-electron chi connectivity index (χ4n) is 3.62. The molecule has 174 valence electrons. The fourth-order valence-corrected chi connectivity index (χ4v) is 3.62.